The third-order valence-corrected chi connectivity index (χ3v) is 7.38. The highest BCUT2D eigenvalue weighted by Gasteiger charge is 2.34. The van der Waals surface area contributed by atoms with E-state index in [9.17, 15) is 9.59 Å². The van der Waals surface area contributed by atoms with E-state index < -0.39 is 11.8 Å². The van der Waals surface area contributed by atoms with Crippen LogP contribution in [-0.2, 0) is 9.59 Å². The van der Waals surface area contributed by atoms with E-state index >= 15 is 0 Å². The van der Waals surface area contributed by atoms with E-state index in [0.717, 1.165) is 27.1 Å². The molecule has 0 unspecified atom stereocenters. The largest absolute Gasteiger partial charge is 0.318 e. The van der Waals surface area contributed by atoms with E-state index in [-0.39, 0.29) is 10.7 Å². The van der Waals surface area contributed by atoms with Gasteiger partial charge in [0.15, 0.2) is 5.11 Å². The van der Waals surface area contributed by atoms with Gasteiger partial charge in [-0.1, -0.05) is 15.9 Å². The van der Waals surface area contributed by atoms with E-state index in [1.165, 1.54) is 14.0 Å². The van der Waals surface area contributed by atoms with Gasteiger partial charge in [0.25, 0.3) is 11.8 Å². The van der Waals surface area contributed by atoms with Crippen molar-refractivity contribution in [1.82, 2.24) is 9.88 Å². The van der Waals surface area contributed by atoms with Crippen molar-refractivity contribution in [3.8, 4) is 5.69 Å². The molecule has 1 aliphatic heterocycles. The molecule has 162 valence electrons. The average Bonchev–Trinajstić information content (AvgIpc) is 3.01. The van der Waals surface area contributed by atoms with Gasteiger partial charge < -0.3 is 4.57 Å². The topological polar surface area (TPSA) is 54.3 Å². The van der Waals surface area contributed by atoms with Crippen LogP contribution < -0.4 is 10.2 Å². The number of hydrogen-bond donors (Lipinski definition) is 1. The Morgan fingerprint density at radius 3 is 2.31 bits per heavy atom. The van der Waals surface area contributed by atoms with Crippen LogP contribution in [0.2, 0.25) is 0 Å². The first-order valence-corrected chi connectivity index (χ1v) is 12.1. The number of benzene rings is 2. The quantitative estimate of drug-likeness (QED) is 0.180. The molecule has 4 rings (SSSR count). The first kappa shape index (κ1) is 22.9. The number of amides is 2. The van der Waals surface area contributed by atoms with E-state index in [0.29, 0.717) is 5.69 Å². The van der Waals surface area contributed by atoms with E-state index in [1.54, 1.807) is 18.2 Å². The van der Waals surface area contributed by atoms with Gasteiger partial charge in [0.2, 0.25) is 0 Å². The normalized spacial score (nSPS) is 15.5. The first-order valence-electron chi connectivity index (χ1n) is 9.80. The molecule has 0 bridgehead atoms. The zero-order valence-corrected chi connectivity index (χ0v) is 22.1. The number of anilines is 1. The minimum absolute atomic E-state index is 0.0422. The lowest BCUT2D eigenvalue weighted by atomic mass is 10.1. The lowest BCUT2D eigenvalue weighted by Crippen LogP contribution is -2.54. The van der Waals surface area contributed by atoms with Crippen LogP contribution >= 0.6 is 50.7 Å². The number of nitrogens with one attached hydrogen (secondary N) is 1. The van der Waals surface area contributed by atoms with Gasteiger partial charge >= 0.3 is 0 Å². The zero-order chi connectivity index (χ0) is 23.2. The molecule has 0 saturated carbocycles. The molecule has 1 aliphatic rings. The van der Waals surface area contributed by atoms with E-state index in [2.05, 4.69) is 73.5 Å². The molecule has 1 aromatic heterocycles. The Balaban J connectivity index is 1.76. The monoisotopic (exact) mass is 619 g/mol. The minimum Gasteiger partial charge on any atom is -0.318 e. The van der Waals surface area contributed by atoms with Crippen LogP contribution in [0.3, 0.4) is 0 Å². The second-order valence-corrected chi connectivity index (χ2v) is 9.99. The fourth-order valence-electron chi connectivity index (χ4n) is 3.74. The van der Waals surface area contributed by atoms with Gasteiger partial charge in [-0.25, -0.2) is 0 Å². The Kier molecular flexibility index (Phi) is 6.37. The van der Waals surface area contributed by atoms with Crippen LogP contribution in [0.15, 0.2) is 58.6 Å². The van der Waals surface area contributed by atoms with Crippen molar-refractivity contribution >= 4 is 79.4 Å². The van der Waals surface area contributed by atoms with Gasteiger partial charge in [-0.2, -0.15) is 0 Å². The Morgan fingerprint density at radius 1 is 1.00 bits per heavy atom. The van der Waals surface area contributed by atoms with Crippen molar-refractivity contribution in [3.63, 3.8) is 0 Å². The highest BCUT2D eigenvalue weighted by molar-refractivity contribution is 14.1. The van der Waals surface area contributed by atoms with Gasteiger partial charge in [0.1, 0.15) is 5.57 Å². The van der Waals surface area contributed by atoms with Crippen molar-refractivity contribution in [2.75, 3.05) is 4.90 Å². The SMILES string of the molecule is Cc1cc(-n2c(C)cc(/C=C3/C(=O)NC(=S)N(c4ccc(Br)cc4)C3=O)c2C)ccc1I. The van der Waals surface area contributed by atoms with Gasteiger partial charge in [0, 0.05) is 25.1 Å². The number of aryl methyl sites for hydroxylation is 2. The van der Waals surface area contributed by atoms with Crippen molar-refractivity contribution in [1.29, 1.82) is 0 Å². The molecule has 1 N–H and O–H groups in total. The standard InChI is InChI=1S/C24H19BrIN3O2S/c1-13-10-19(8-9-21(13)26)28-14(2)11-16(15(28)3)12-20-22(30)27-24(32)29(23(20)31)18-6-4-17(25)5-7-18/h4-12H,1-3H3,(H,27,30,32)/b20-12-. The number of carbonyl (C=O) groups is 2. The summed E-state index contributed by atoms with van der Waals surface area (Å²) in [6.07, 6.45) is 1.64. The van der Waals surface area contributed by atoms with Crippen LogP contribution in [0.5, 0.6) is 0 Å². The maximum Gasteiger partial charge on any atom is 0.270 e. The summed E-state index contributed by atoms with van der Waals surface area (Å²) in [7, 11) is 0. The maximum absolute atomic E-state index is 13.3. The summed E-state index contributed by atoms with van der Waals surface area (Å²) in [5.74, 6) is -0.945. The Hall–Kier alpha value is -2.30. The third-order valence-electron chi connectivity index (χ3n) is 5.36. The fourth-order valence-corrected chi connectivity index (χ4v) is 4.62. The molecule has 32 heavy (non-hydrogen) atoms. The minimum atomic E-state index is -0.497. The Bertz CT molecular complexity index is 1310. The molecule has 2 heterocycles. The number of aromatic nitrogens is 1. The third kappa shape index (κ3) is 4.18. The van der Waals surface area contributed by atoms with Crippen LogP contribution in [-0.4, -0.2) is 21.5 Å². The Morgan fingerprint density at radius 2 is 1.66 bits per heavy atom. The number of rotatable bonds is 3. The fraction of sp³-hybridized carbons (Fsp3) is 0.125. The highest BCUT2D eigenvalue weighted by Crippen LogP contribution is 2.27. The number of nitrogens with zero attached hydrogens (tertiary/aromatic N) is 2. The molecule has 0 spiro atoms. The van der Waals surface area contributed by atoms with Crippen LogP contribution in [0.25, 0.3) is 11.8 Å². The van der Waals surface area contributed by atoms with Gasteiger partial charge in [-0.15, -0.1) is 0 Å². The molecule has 1 saturated heterocycles. The summed E-state index contributed by atoms with van der Waals surface area (Å²) in [6, 6.07) is 15.4. The first-order chi connectivity index (χ1) is 15.2. The summed E-state index contributed by atoms with van der Waals surface area (Å²) >= 11 is 11.0. The van der Waals surface area contributed by atoms with Crippen molar-refractivity contribution < 1.29 is 9.59 Å². The molecule has 0 aliphatic carbocycles. The molecular weight excluding hydrogens is 601 g/mol. The molecule has 5 nitrogen and oxygen atoms in total. The molecule has 3 aromatic rings. The second-order valence-electron chi connectivity index (χ2n) is 7.53. The van der Waals surface area contributed by atoms with Crippen molar-refractivity contribution in [3.05, 3.63) is 84.7 Å². The predicted molar refractivity (Wildman–Crippen MR) is 143 cm³/mol. The number of halogens is 2. The maximum atomic E-state index is 13.3. The van der Waals surface area contributed by atoms with Gasteiger partial charge in [0.05, 0.1) is 5.69 Å². The van der Waals surface area contributed by atoms with Crippen LogP contribution in [0, 0.1) is 24.3 Å². The van der Waals surface area contributed by atoms with E-state index in [1.807, 2.05) is 32.0 Å². The summed E-state index contributed by atoms with van der Waals surface area (Å²) in [5.41, 5.74) is 5.63. The van der Waals surface area contributed by atoms with Crippen LogP contribution in [0.1, 0.15) is 22.5 Å². The predicted octanol–water partition coefficient (Wildman–Crippen LogP) is 5.60. The molecule has 0 atom stereocenters. The molecule has 8 heteroatoms. The summed E-state index contributed by atoms with van der Waals surface area (Å²) in [6.45, 7) is 6.07. The number of hydrogen-bond acceptors (Lipinski definition) is 3. The van der Waals surface area contributed by atoms with Crippen molar-refractivity contribution in [2.24, 2.45) is 0 Å². The van der Waals surface area contributed by atoms with Crippen molar-refractivity contribution in [2.45, 2.75) is 20.8 Å². The Labute approximate surface area is 213 Å². The van der Waals surface area contributed by atoms with E-state index in [4.69, 9.17) is 12.2 Å². The molecule has 2 amide bonds. The highest BCUT2D eigenvalue weighted by atomic mass is 127. The zero-order valence-electron chi connectivity index (χ0n) is 17.6. The lowest BCUT2D eigenvalue weighted by Gasteiger charge is -2.29. The number of carbonyl (C=O) groups excluding carboxylic acids is 2. The second kappa shape index (κ2) is 8.92. The van der Waals surface area contributed by atoms with Crippen LogP contribution in [0.4, 0.5) is 5.69 Å². The summed E-state index contributed by atoms with van der Waals surface area (Å²) < 4.78 is 4.21. The smallest absolute Gasteiger partial charge is 0.270 e. The summed E-state index contributed by atoms with van der Waals surface area (Å²) in [4.78, 5) is 27.3. The molecular formula is C24H19BrIN3O2S. The summed E-state index contributed by atoms with van der Waals surface area (Å²) in [5, 5.41) is 2.71. The average molecular weight is 620 g/mol. The lowest BCUT2D eigenvalue weighted by molar-refractivity contribution is -0.122. The van der Waals surface area contributed by atoms with Gasteiger partial charge in [-0.05, 0) is 121 Å². The van der Waals surface area contributed by atoms with Gasteiger partial charge in [-0.3, -0.25) is 19.8 Å². The molecule has 0 radical (unpaired) electrons. The number of thiocarbonyl (C=S) groups is 1. The molecule has 1 fully saturated rings. The molecule has 2 aromatic carbocycles.